The van der Waals surface area contributed by atoms with Gasteiger partial charge in [-0.3, -0.25) is 9.69 Å². The topological polar surface area (TPSA) is 74.5 Å². The summed E-state index contributed by atoms with van der Waals surface area (Å²) in [7, 11) is 2.23. The normalized spacial score (nSPS) is 22.2. The second kappa shape index (κ2) is 7.35. The summed E-state index contributed by atoms with van der Waals surface area (Å²) in [6, 6.07) is 18.2. The van der Waals surface area contributed by atoms with Crippen LogP contribution in [-0.2, 0) is 6.42 Å². The van der Waals surface area contributed by atoms with Crippen LogP contribution in [0.1, 0.15) is 22.3 Å². The molecule has 32 heavy (non-hydrogen) atoms. The lowest BCUT2D eigenvalue weighted by Gasteiger charge is -2.33. The molecule has 3 aliphatic rings. The fraction of sp³-hybridized carbons (Fsp3) is 0.308. The zero-order valence-corrected chi connectivity index (χ0v) is 18.2. The van der Waals surface area contributed by atoms with Gasteiger partial charge >= 0.3 is 0 Å². The maximum absolute atomic E-state index is 12.1. The lowest BCUT2D eigenvalue weighted by Crippen LogP contribution is -2.44. The number of amides is 1. The number of fused-ring (bicyclic) bond motifs is 3. The molecule has 2 fully saturated rings. The Kier molecular flexibility index (Phi) is 4.43. The van der Waals surface area contributed by atoms with Gasteiger partial charge in [-0.1, -0.05) is 24.3 Å². The van der Waals surface area contributed by atoms with Gasteiger partial charge in [-0.15, -0.1) is 0 Å². The van der Waals surface area contributed by atoms with Crippen LogP contribution in [0.5, 0.6) is 0 Å². The molecule has 4 heterocycles. The zero-order valence-electron chi connectivity index (χ0n) is 18.2. The van der Waals surface area contributed by atoms with Crippen LogP contribution in [0.4, 0.5) is 11.5 Å². The summed E-state index contributed by atoms with van der Waals surface area (Å²) in [4.78, 5) is 21.6. The van der Waals surface area contributed by atoms with Crippen LogP contribution in [0.25, 0.3) is 22.3 Å². The molecule has 2 saturated heterocycles. The number of rotatable bonds is 3. The molecule has 2 aromatic carbocycles. The van der Waals surface area contributed by atoms with E-state index in [0.717, 1.165) is 52.9 Å². The molecule has 3 aliphatic heterocycles. The number of carbonyl (C=O) groups excluding carboxylic acids is 1. The minimum Gasteiger partial charge on any atom is -0.383 e. The Bertz CT molecular complexity index is 1200. The molecule has 2 atom stereocenters. The number of nitrogens with one attached hydrogen (secondary N) is 1. The molecule has 1 amide bonds. The van der Waals surface area contributed by atoms with E-state index >= 15 is 0 Å². The minimum absolute atomic E-state index is 0.00407. The Hall–Kier alpha value is -3.38. The first kappa shape index (κ1) is 19.3. The van der Waals surface area contributed by atoms with E-state index in [-0.39, 0.29) is 5.91 Å². The van der Waals surface area contributed by atoms with Gasteiger partial charge in [0.2, 0.25) is 0 Å². The molecule has 6 heteroatoms. The molecule has 0 aliphatic carbocycles. The van der Waals surface area contributed by atoms with E-state index in [0.29, 0.717) is 24.4 Å². The predicted molar refractivity (Wildman–Crippen MR) is 128 cm³/mol. The molecule has 6 rings (SSSR count). The molecule has 1 aromatic heterocycles. The highest BCUT2D eigenvalue weighted by molar-refractivity contribution is 5.97. The van der Waals surface area contributed by atoms with Crippen molar-refractivity contribution in [2.45, 2.75) is 24.9 Å². The summed E-state index contributed by atoms with van der Waals surface area (Å²) in [5, 5.41) is 2.89. The number of nitrogens with zero attached hydrogens (tertiary/aromatic N) is 3. The van der Waals surface area contributed by atoms with Crippen molar-refractivity contribution in [2.24, 2.45) is 0 Å². The van der Waals surface area contributed by atoms with Crippen molar-refractivity contribution >= 4 is 17.4 Å². The number of likely N-dealkylation sites (N-methyl/N-ethyl adjacent to an activating group) is 1. The molecule has 0 radical (unpaired) electrons. The Morgan fingerprint density at radius 2 is 1.78 bits per heavy atom. The molecule has 3 N–H and O–H groups in total. The van der Waals surface area contributed by atoms with Gasteiger partial charge in [-0.25, -0.2) is 4.98 Å². The van der Waals surface area contributed by atoms with E-state index in [9.17, 15) is 4.79 Å². The smallest absolute Gasteiger partial charge is 0.251 e. The zero-order chi connectivity index (χ0) is 21.8. The fourth-order valence-electron chi connectivity index (χ4n) is 5.49. The molecule has 3 aromatic rings. The van der Waals surface area contributed by atoms with Crippen LogP contribution in [-0.4, -0.2) is 54.6 Å². The number of nitrogens with two attached hydrogens (primary N) is 1. The number of benzene rings is 2. The quantitative estimate of drug-likeness (QED) is 0.674. The van der Waals surface area contributed by atoms with Gasteiger partial charge in [0.25, 0.3) is 5.91 Å². The van der Waals surface area contributed by atoms with Crippen LogP contribution < -0.4 is 16.0 Å². The Labute approximate surface area is 188 Å². The van der Waals surface area contributed by atoms with E-state index in [4.69, 9.17) is 5.73 Å². The van der Waals surface area contributed by atoms with Gasteiger partial charge in [0.1, 0.15) is 5.82 Å². The summed E-state index contributed by atoms with van der Waals surface area (Å²) >= 11 is 0. The van der Waals surface area contributed by atoms with Crippen molar-refractivity contribution in [1.82, 2.24) is 15.2 Å². The first-order chi connectivity index (χ1) is 15.6. The van der Waals surface area contributed by atoms with Crippen LogP contribution in [0.2, 0.25) is 0 Å². The highest BCUT2D eigenvalue weighted by Crippen LogP contribution is 2.36. The van der Waals surface area contributed by atoms with Crippen LogP contribution in [0.15, 0.2) is 54.7 Å². The largest absolute Gasteiger partial charge is 0.383 e. The van der Waals surface area contributed by atoms with Gasteiger partial charge in [0.05, 0.1) is 0 Å². The van der Waals surface area contributed by atoms with Crippen molar-refractivity contribution < 1.29 is 4.79 Å². The summed E-state index contributed by atoms with van der Waals surface area (Å²) < 4.78 is 0. The number of piperazine rings is 1. The van der Waals surface area contributed by atoms with E-state index < -0.39 is 0 Å². The van der Waals surface area contributed by atoms with E-state index in [1.165, 1.54) is 12.1 Å². The van der Waals surface area contributed by atoms with Crippen molar-refractivity contribution in [3.05, 3.63) is 65.9 Å². The summed E-state index contributed by atoms with van der Waals surface area (Å²) in [5.41, 5.74) is 13.4. The highest BCUT2D eigenvalue weighted by Gasteiger charge is 2.41. The Balaban J connectivity index is 1.29. The number of hydrogen-bond acceptors (Lipinski definition) is 5. The molecular formula is C26H27N5O. The minimum atomic E-state index is -0.00407. The van der Waals surface area contributed by atoms with E-state index in [2.05, 4.69) is 63.5 Å². The molecule has 0 unspecified atom stereocenters. The highest BCUT2D eigenvalue weighted by atomic mass is 16.1. The molecule has 162 valence electrons. The second-order valence-corrected chi connectivity index (χ2v) is 9.22. The van der Waals surface area contributed by atoms with Gasteiger partial charge in [-0.05, 0) is 60.8 Å². The molecule has 6 nitrogen and oxygen atoms in total. The van der Waals surface area contributed by atoms with Crippen molar-refractivity contribution in [2.75, 3.05) is 37.3 Å². The third kappa shape index (κ3) is 3.14. The third-order valence-electron chi connectivity index (χ3n) is 7.31. The van der Waals surface area contributed by atoms with Gasteiger partial charge in [0, 0.05) is 60.3 Å². The number of aromatic nitrogens is 1. The average Bonchev–Trinajstić information content (AvgIpc) is 3.39. The number of nitrogen functional groups attached to an aromatic ring is 1. The van der Waals surface area contributed by atoms with Crippen LogP contribution in [0.3, 0.4) is 0 Å². The third-order valence-corrected chi connectivity index (χ3v) is 7.31. The van der Waals surface area contributed by atoms with Gasteiger partial charge < -0.3 is 16.0 Å². The Morgan fingerprint density at radius 3 is 2.53 bits per heavy atom. The summed E-state index contributed by atoms with van der Waals surface area (Å²) in [5.74, 6) is 0.499. The maximum atomic E-state index is 12.1. The van der Waals surface area contributed by atoms with Gasteiger partial charge in [0.15, 0.2) is 0 Å². The molecular weight excluding hydrogens is 398 g/mol. The first-order valence-corrected chi connectivity index (χ1v) is 11.3. The first-order valence-electron chi connectivity index (χ1n) is 11.3. The number of carbonyl (C=O) groups is 1. The Morgan fingerprint density at radius 1 is 0.969 bits per heavy atom. The second-order valence-electron chi connectivity index (χ2n) is 9.22. The fourth-order valence-corrected chi connectivity index (χ4v) is 5.49. The lowest BCUT2D eigenvalue weighted by molar-refractivity contribution is 0.0946. The molecule has 2 bridgehead atoms. The maximum Gasteiger partial charge on any atom is 0.251 e. The van der Waals surface area contributed by atoms with Gasteiger partial charge in [-0.2, -0.15) is 0 Å². The average molecular weight is 426 g/mol. The van der Waals surface area contributed by atoms with Crippen molar-refractivity contribution in [3.8, 4) is 22.3 Å². The monoisotopic (exact) mass is 425 g/mol. The molecule has 0 spiro atoms. The summed E-state index contributed by atoms with van der Waals surface area (Å²) in [6.07, 6.45) is 3.94. The standard InChI is InChI=1S/C26H27N5O/c1-30-14-22-12-21(30)15-31(22)20-5-2-16(3-6-20)19-11-24(25(27)29-13-19)17-4-7-23-18(10-17)8-9-28-26(23)32/h2-7,10-11,13,21-22H,8-9,12,14-15H2,1H3,(H2,27,29)(H,28,32)/t21-,22-/m1/s1. The number of likely N-dealkylation sites (tertiary alicyclic amines) is 1. The van der Waals surface area contributed by atoms with Crippen LogP contribution in [0, 0.1) is 0 Å². The number of anilines is 2. The SMILES string of the molecule is CN1C[C@H]2C[C@@H]1CN2c1ccc(-c2cnc(N)c(-c3ccc4c(c3)CCNC4=O)c2)cc1. The van der Waals surface area contributed by atoms with E-state index in [1.807, 2.05) is 18.3 Å². The van der Waals surface area contributed by atoms with Crippen molar-refractivity contribution in [3.63, 3.8) is 0 Å². The number of hydrogen-bond donors (Lipinski definition) is 2. The molecule has 0 saturated carbocycles. The lowest BCUT2D eigenvalue weighted by atomic mass is 9.94. The van der Waals surface area contributed by atoms with E-state index in [1.54, 1.807) is 0 Å². The predicted octanol–water partition coefficient (Wildman–Crippen LogP) is 3.18. The van der Waals surface area contributed by atoms with Crippen molar-refractivity contribution in [1.29, 1.82) is 0 Å². The van der Waals surface area contributed by atoms with Crippen LogP contribution >= 0.6 is 0 Å². The number of pyridine rings is 1. The summed E-state index contributed by atoms with van der Waals surface area (Å²) in [6.45, 7) is 2.94.